The second-order valence-electron chi connectivity index (χ2n) is 6.61. The van der Waals surface area contributed by atoms with Crippen LogP contribution in [0.15, 0.2) is 23.1 Å². The molecule has 1 aliphatic heterocycles. The number of nitrogens with two attached hydrogens (primary N) is 1. The maximum absolute atomic E-state index is 13.4. The van der Waals surface area contributed by atoms with Crippen molar-refractivity contribution in [3.05, 3.63) is 24.0 Å². The lowest BCUT2D eigenvalue weighted by atomic mass is 10.0. The fourth-order valence-corrected chi connectivity index (χ4v) is 4.58. The van der Waals surface area contributed by atoms with Crippen LogP contribution in [0.1, 0.15) is 27.7 Å². The summed E-state index contributed by atoms with van der Waals surface area (Å²) in [7, 11) is -3.82. The Balaban J connectivity index is 2.43. The Bertz CT molecular complexity index is 620. The van der Waals surface area contributed by atoms with E-state index in [2.05, 4.69) is 0 Å². The van der Waals surface area contributed by atoms with Crippen molar-refractivity contribution in [2.75, 3.05) is 18.8 Å². The first-order valence-electron chi connectivity index (χ1n) is 6.68. The molecule has 2 N–H and O–H groups in total. The van der Waals surface area contributed by atoms with E-state index >= 15 is 0 Å². The minimum absolute atomic E-state index is 0.0837. The van der Waals surface area contributed by atoms with Crippen LogP contribution in [0.2, 0.25) is 0 Å². The van der Waals surface area contributed by atoms with Crippen LogP contribution in [0.3, 0.4) is 0 Å². The Hall–Kier alpha value is -1.18. The zero-order chi connectivity index (χ0) is 16.1. The molecule has 0 spiro atoms. The van der Waals surface area contributed by atoms with Crippen LogP contribution in [-0.4, -0.2) is 37.0 Å². The molecule has 0 unspecified atom stereocenters. The fraction of sp³-hybridized carbons (Fsp3) is 0.571. The number of sulfonamides is 1. The van der Waals surface area contributed by atoms with Gasteiger partial charge in [-0.15, -0.1) is 0 Å². The molecule has 1 aromatic carbocycles. The van der Waals surface area contributed by atoms with Gasteiger partial charge in [-0.05, 0) is 45.9 Å². The van der Waals surface area contributed by atoms with Gasteiger partial charge in [-0.3, -0.25) is 0 Å². The lowest BCUT2D eigenvalue weighted by molar-refractivity contribution is -0.163. The van der Waals surface area contributed by atoms with Crippen LogP contribution in [0, 0.1) is 5.82 Å². The molecule has 7 heteroatoms. The van der Waals surface area contributed by atoms with E-state index in [0.717, 1.165) is 12.1 Å². The standard InChI is InChI=1S/C14H21FN2O3S/c1-13(2)8-17(9-14(3,4)20-13)21(18,19)12-6-10(15)5-11(16)7-12/h5-7H,8-9,16H2,1-4H3. The molecule has 2 rings (SSSR count). The first kappa shape index (κ1) is 16.2. The van der Waals surface area contributed by atoms with E-state index < -0.39 is 27.0 Å². The van der Waals surface area contributed by atoms with Crippen molar-refractivity contribution in [2.24, 2.45) is 0 Å². The van der Waals surface area contributed by atoms with E-state index in [1.54, 1.807) is 0 Å². The summed E-state index contributed by atoms with van der Waals surface area (Å²) < 4.78 is 46.1. The van der Waals surface area contributed by atoms with Gasteiger partial charge in [0.15, 0.2) is 0 Å². The monoisotopic (exact) mass is 316 g/mol. The quantitative estimate of drug-likeness (QED) is 0.847. The van der Waals surface area contributed by atoms with Crippen LogP contribution in [0.25, 0.3) is 0 Å². The highest BCUT2D eigenvalue weighted by molar-refractivity contribution is 7.89. The van der Waals surface area contributed by atoms with Crippen molar-refractivity contribution in [1.29, 1.82) is 0 Å². The smallest absolute Gasteiger partial charge is 0.243 e. The lowest BCUT2D eigenvalue weighted by Gasteiger charge is -2.46. The molecule has 0 amide bonds. The third kappa shape index (κ3) is 3.53. The second-order valence-corrected chi connectivity index (χ2v) is 8.55. The highest BCUT2D eigenvalue weighted by Crippen LogP contribution is 2.32. The molecule has 0 atom stereocenters. The van der Waals surface area contributed by atoms with Gasteiger partial charge >= 0.3 is 0 Å². The topological polar surface area (TPSA) is 72.6 Å². The SMILES string of the molecule is CC1(C)CN(S(=O)(=O)c2cc(N)cc(F)c2)CC(C)(C)O1. The van der Waals surface area contributed by atoms with Gasteiger partial charge in [0.2, 0.25) is 10.0 Å². The number of hydrogen-bond acceptors (Lipinski definition) is 4. The number of rotatable bonds is 2. The van der Waals surface area contributed by atoms with Gasteiger partial charge in [-0.2, -0.15) is 4.31 Å². The van der Waals surface area contributed by atoms with Crippen molar-refractivity contribution < 1.29 is 17.5 Å². The Morgan fingerprint density at radius 1 is 1.14 bits per heavy atom. The normalized spacial score (nSPS) is 22.1. The molecule has 118 valence electrons. The van der Waals surface area contributed by atoms with Gasteiger partial charge in [-0.1, -0.05) is 0 Å². The van der Waals surface area contributed by atoms with E-state index in [-0.39, 0.29) is 23.7 Å². The molecule has 5 nitrogen and oxygen atoms in total. The van der Waals surface area contributed by atoms with E-state index in [4.69, 9.17) is 10.5 Å². The molecule has 0 radical (unpaired) electrons. The summed E-state index contributed by atoms with van der Waals surface area (Å²) in [6.07, 6.45) is 0. The zero-order valence-electron chi connectivity index (χ0n) is 12.7. The Morgan fingerprint density at radius 3 is 2.14 bits per heavy atom. The number of nitrogens with zero attached hydrogens (tertiary/aromatic N) is 1. The van der Waals surface area contributed by atoms with Crippen LogP contribution >= 0.6 is 0 Å². The summed E-state index contributed by atoms with van der Waals surface area (Å²) in [5.74, 6) is -0.666. The third-order valence-electron chi connectivity index (χ3n) is 3.20. The van der Waals surface area contributed by atoms with E-state index in [9.17, 15) is 12.8 Å². The zero-order valence-corrected chi connectivity index (χ0v) is 13.5. The van der Waals surface area contributed by atoms with E-state index in [1.807, 2.05) is 27.7 Å². The van der Waals surface area contributed by atoms with Crippen molar-refractivity contribution >= 4 is 15.7 Å². The summed E-state index contributed by atoms with van der Waals surface area (Å²) in [5.41, 5.74) is 4.39. The molecule has 1 heterocycles. The third-order valence-corrected chi connectivity index (χ3v) is 4.97. The van der Waals surface area contributed by atoms with E-state index in [1.165, 1.54) is 10.4 Å². The Kier molecular flexibility index (Phi) is 3.80. The fourth-order valence-electron chi connectivity index (χ4n) is 2.77. The number of morpholine rings is 1. The molecule has 1 fully saturated rings. The lowest BCUT2D eigenvalue weighted by Crippen LogP contribution is -2.58. The summed E-state index contributed by atoms with van der Waals surface area (Å²) >= 11 is 0. The van der Waals surface area contributed by atoms with Crippen molar-refractivity contribution in [2.45, 2.75) is 43.8 Å². The molecule has 0 aliphatic carbocycles. The van der Waals surface area contributed by atoms with E-state index in [0.29, 0.717) is 0 Å². The molecule has 0 saturated carbocycles. The summed E-state index contributed by atoms with van der Waals surface area (Å²) in [6.45, 7) is 7.73. The van der Waals surface area contributed by atoms with Gasteiger partial charge in [0.05, 0.1) is 16.1 Å². The van der Waals surface area contributed by atoms with Crippen molar-refractivity contribution in [1.82, 2.24) is 4.31 Å². The van der Waals surface area contributed by atoms with Crippen molar-refractivity contribution in [3.8, 4) is 0 Å². The molecule has 0 bridgehead atoms. The minimum Gasteiger partial charge on any atom is -0.399 e. The van der Waals surface area contributed by atoms with Gasteiger partial charge < -0.3 is 10.5 Å². The molecular formula is C14H21FN2O3S. The van der Waals surface area contributed by atoms with Gasteiger partial charge in [-0.25, -0.2) is 12.8 Å². The Morgan fingerprint density at radius 2 is 1.67 bits per heavy atom. The summed E-state index contributed by atoms with van der Waals surface area (Å²) in [4.78, 5) is -0.131. The number of anilines is 1. The molecule has 1 aliphatic rings. The van der Waals surface area contributed by atoms with Crippen molar-refractivity contribution in [3.63, 3.8) is 0 Å². The largest absolute Gasteiger partial charge is 0.399 e. The molecule has 1 aromatic rings. The van der Waals surface area contributed by atoms with Gasteiger partial charge in [0, 0.05) is 18.8 Å². The minimum atomic E-state index is -3.82. The number of halogens is 1. The number of benzene rings is 1. The second kappa shape index (κ2) is 4.93. The first-order chi connectivity index (χ1) is 9.41. The highest BCUT2D eigenvalue weighted by atomic mass is 32.2. The predicted molar refractivity (Wildman–Crippen MR) is 78.8 cm³/mol. The Labute approximate surface area is 124 Å². The first-order valence-corrected chi connectivity index (χ1v) is 8.12. The van der Waals surface area contributed by atoms with Crippen LogP contribution in [0.4, 0.5) is 10.1 Å². The maximum Gasteiger partial charge on any atom is 0.243 e. The molecule has 21 heavy (non-hydrogen) atoms. The van der Waals surface area contributed by atoms with Gasteiger partial charge in [0.1, 0.15) is 5.82 Å². The number of hydrogen-bond donors (Lipinski definition) is 1. The molecular weight excluding hydrogens is 295 g/mol. The highest BCUT2D eigenvalue weighted by Gasteiger charge is 2.43. The van der Waals surface area contributed by atoms with Crippen LogP contribution < -0.4 is 5.73 Å². The number of nitrogen functional groups attached to an aromatic ring is 1. The summed E-state index contributed by atoms with van der Waals surface area (Å²) in [6, 6.07) is 3.35. The predicted octanol–water partition coefficient (Wildman–Crippen LogP) is 1.99. The summed E-state index contributed by atoms with van der Waals surface area (Å²) in [5, 5.41) is 0. The molecule has 1 saturated heterocycles. The number of ether oxygens (including phenoxy) is 1. The average molecular weight is 316 g/mol. The molecule has 0 aromatic heterocycles. The van der Waals surface area contributed by atoms with Crippen LogP contribution in [0.5, 0.6) is 0 Å². The maximum atomic E-state index is 13.4. The van der Waals surface area contributed by atoms with Crippen LogP contribution in [-0.2, 0) is 14.8 Å². The average Bonchev–Trinajstić information content (AvgIpc) is 2.23. The van der Waals surface area contributed by atoms with Gasteiger partial charge in [0.25, 0.3) is 0 Å².